The van der Waals surface area contributed by atoms with Crippen LogP contribution >= 0.6 is 0 Å². The van der Waals surface area contributed by atoms with Crippen molar-refractivity contribution in [3.05, 3.63) is 0 Å². The van der Waals surface area contributed by atoms with Gasteiger partial charge in [-0.3, -0.25) is 4.79 Å². The number of esters is 1. The minimum absolute atomic E-state index is 0.0750. The van der Waals surface area contributed by atoms with Crippen molar-refractivity contribution in [3.8, 4) is 0 Å². The molecule has 0 aliphatic carbocycles. The largest absolute Gasteiger partial charge is 0.469 e. The van der Waals surface area contributed by atoms with Gasteiger partial charge in [-0.15, -0.1) is 0 Å². The van der Waals surface area contributed by atoms with Crippen molar-refractivity contribution in [1.82, 2.24) is 4.90 Å². The van der Waals surface area contributed by atoms with Gasteiger partial charge in [0, 0.05) is 6.54 Å². The van der Waals surface area contributed by atoms with Crippen LogP contribution in [-0.4, -0.2) is 38.1 Å². The zero-order valence-corrected chi connectivity index (χ0v) is 8.09. The Morgan fingerprint density at radius 3 is 2.75 bits per heavy atom. The molecule has 12 heavy (non-hydrogen) atoms. The number of carbonyl (C=O) groups excluding carboxylic acids is 1. The Morgan fingerprint density at radius 2 is 2.25 bits per heavy atom. The van der Waals surface area contributed by atoms with Crippen LogP contribution in [0, 0.1) is 5.41 Å². The Morgan fingerprint density at radius 1 is 1.58 bits per heavy atom. The number of carbonyl (C=O) groups is 1. The molecule has 3 nitrogen and oxygen atoms in total. The molecule has 0 radical (unpaired) electrons. The third-order valence-corrected chi connectivity index (χ3v) is 2.57. The van der Waals surface area contributed by atoms with Gasteiger partial charge in [0.05, 0.1) is 12.5 Å². The van der Waals surface area contributed by atoms with Crippen LogP contribution in [-0.2, 0) is 9.53 Å². The lowest BCUT2D eigenvalue weighted by atomic mass is 9.82. The molecule has 0 bridgehead atoms. The topological polar surface area (TPSA) is 29.5 Å². The fourth-order valence-corrected chi connectivity index (χ4v) is 1.91. The zero-order chi connectivity index (χ0) is 9.19. The third kappa shape index (κ3) is 1.78. The van der Waals surface area contributed by atoms with Crippen LogP contribution in [0.25, 0.3) is 0 Å². The highest BCUT2D eigenvalue weighted by Crippen LogP contribution is 2.29. The number of hydrogen-bond donors (Lipinski definition) is 0. The molecule has 1 heterocycles. The van der Waals surface area contributed by atoms with E-state index in [1.54, 1.807) is 0 Å². The van der Waals surface area contributed by atoms with Gasteiger partial charge in [0.1, 0.15) is 0 Å². The van der Waals surface area contributed by atoms with Gasteiger partial charge in [-0.05, 0) is 33.4 Å². The van der Waals surface area contributed by atoms with Crippen molar-refractivity contribution < 1.29 is 9.53 Å². The van der Waals surface area contributed by atoms with E-state index in [0.29, 0.717) is 0 Å². The second-order valence-electron chi connectivity index (χ2n) is 3.89. The number of ether oxygens (including phenoxy) is 1. The molecule has 3 heteroatoms. The highest BCUT2D eigenvalue weighted by atomic mass is 16.5. The first-order valence-corrected chi connectivity index (χ1v) is 4.35. The van der Waals surface area contributed by atoms with Crippen molar-refractivity contribution in [2.24, 2.45) is 5.41 Å². The van der Waals surface area contributed by atoms with Gasteiger partial charge in [-0.2, -0.15) is 0 Å². The van der Waals surface area contributed by atoms with Crippen LogP contribution in [0.3, 0.4) is 0 Å². The summed E-state index contributed by atoms with van der Waals surface area (Å²) in [5.74, 6) is -0.0750. The molecule has 1 aliphatic heterocycles. The molecule has 1 fully saturated rings. The molecule has 1 saturated heterocycles. The predicted octanol–water partition coefficient (Wildman–Crippen LogP) is 0.891. The summed E-state index contributed by atoms with van der Waals surface area (Å²) in [7, 11) is 3.50. The molecule has 1 unspecified atom stereocenters. The van der Waals surface area contributed by atoms with E-state index in [1.165, 1.54) is 7.11 Å². The summed E-state index contributed by atoms with van der Waals surface area (Å²) in [5, 5.41) is 0. The van der Waals surface area contributed by atoms with E-state index in [2.05, 4.69) is 4.90 Å². The summed E-state index contributed by atoms with van der Waals surface area (Å²) < 4.78 is 4.78. The first kappa shape index (κ1) is 9.52. The quantitative estimate of drug-likeness (QED) is 0.549. The molecule has 1 atom stereocenters. The summed E-state index contributed by atoms with van der Waals surface area (Å²) in [5.41, 5.74) is -0.276. The monoisotopic (exact) mass is 171 g/mol. The summed E-state index contributed by atoms with van der Waals surface area (Å²) in [6, 6.07) is 0. The normalized spacial score (nSPS) is 31.6. The molecular weight excluding hydrogens is 154 g/mol. The zero-order valence-electron chi connectivity index (χ0n) is 8.09. The number of nitrogens with zero attached hydrogens (tertiary/aromatic N) is 1. The lowest BCUT2D eigenvalue weighted by Gasteiger charge is -2.36. The van der Waals surface area contributed by atoms with Crippen molar-refractivity contribution in [2.75, 3.05) is 27.2 Å². The lowest BCUT2D eigenvalue weighted by Crippen LogP contribution is -2.44. The Kier molecular flexibility index (Phi) is 2.73. The summed E-state index contributed by atoms with van der Waals surface area (Å²) >= 11 is 0. The van der Waals surface area contributed by atoms with E-state index in [1.807, 2.05) is 14.0 Å². The number of piperidine rings is 1. The number of methoxy groups -OCH3 is 1. The first-order chi connectivity index (χ1) is 5.58. The molecule has 70 valence electrons. The number of hydrogen-bond acceptors (Lipinski definition) is 3. The molecule has 0 aromatic carbocycles. The molecule has 0 spiro atoms. The van der Waals surface area contributed by atoms with Gasteiger partial charge < -0.3 is 9.64 Å². The molecule has 0 saturated carbocycles. The lowest BCUT2D eigenvalue weighted by molar-refractivity contribution is -0.154. The molecule has 0 N–H and O–H groups in total. The predicted molar refractivity (Wildman–Crippen MR) is 46.9 cm³/mol. The SMILES string of the molecule is COC(=O)C1(C)CCCN(C)C1. The average Bonchev–Trinajstić information content (AvgIpc) is 2.02. The highest BCUT2D eigenvalue weighted by molar-refractivity contribution is 5.76. The van der Waals surface area contributed by atoms with Gasteiger partial charge in [0.15, 0.2) is 0 Å². The maximum Gasteiger partial charge on any atom is 0.312 e. The van der Waals surface area contributed by atoms with Gasteiger partial charge >= 0.3 is 5.97 Å². The minimum Gasteiger partial charge on any atom is -0.469 e. The number of rotatable bonds is 1. The first-order valence-electron chi connectivity index (χ1n) is 4.35. The average molecular weight is 171 g/mol. The van der Waals surface area contributed by atoms with Crippen molar-refractivity contribution >= 4 is 5.97 Å². The summed E-state index contributed by atoms with van der Waals surface area (Å²) in [6.45, 7) is 3.89. The molecular formula is C9H17NO2. The van der Waals surface area contributed by atoms with Crippen LogP contribution in [0.4, 0.5) is 0 Å². The van der Waals surface area contributed by atoms with Gasteiger partial charge in [-0.25, -0.2) is 0 Å². The minimum atomic E-state index is -0.276. The maximum absolute atomic E-state index is 11.4. The van der Waals surface area contributed by atoms with E-state index < -0.39 is 0 Å². The third-order valence-electron chi connectivity index (χ3n) is 2.57. The molecule has 0 amide bonds. The summed E-state index contributed by atoms with van der Waals surface area (Å²) in [4.78, 5) is 13.6. The molecule has 0 aromatic heterocycles. The van der Waals surface area contributed by atoms with Crippen LogP contribution in [0.5, 0.6) is 0 Å². The Bertz CT molecular complexity index is 181. The fourth-order valence-electron chi connectivity index (χ4n) is 1.91. The highest BCUT2D eigenvalue weighted by Gasteiger charge is 2.37. The Hall–Kier alpha value is -0.570. The van der Waals surface area contributed by atoms with Crippen LogP contribution in [0.2, 0.25) is 0 Å². The van der Waals surface area contributed by atoms with Crippen LogP contribution in [0.15, 0.2) is 0 Å². The standard InChI is InChI=1S/C9H17NO2/c1-9(8(11)12-3)5-4-6-10(2)7-9/h4-7H2,1-3H3. The van der Waals surface area contributed by atoms with E-state index >= 15 is 0 Å². The molecule has 1 aliphatic rings. The summed E-state index contributed by atoms with van der Waals surface area (Å²) in [6.07, 6.45) is 2.03. The maximum atomic E-state index is 11.4. The van der Waals surface area contributed by atoms with E-state index in [4.69, 9.17) is 4.74 Å². The fraction of sp³-hybridized carbons (Fsp3) is 0.889. The van der Waals surface area contributed by atoms with Gasteiger partial charge in [0.25, 0.3) is 0 Å². The van der Waals surface area contributed by atoms with Gasteiger partial charge in [-0.1, -0.05) is 0 Å². The van der Waals surface area contributed by atoms with E-state index in [9.17, 15) is 4.79 Å². The smallest absolute Gasteiger partial charge is 0.312 e. The van der Waals surface area contributed by atoms with Crippen molar-refractivity contribution in [1.29, 1.82) is 0 Å². The van der Waals surface area contributed by atoms with Gasteiger partial charge in [0.2, 0.25) is 0 Å². The Balaban J connectivity index is 2.63. The van der Waals surface area contributed by atoms with Crippen LogP contribution in [0.1, 0.15) is 19.8 Å². The Labute approximate surface area is 73.7 Å². The number of likely N-dealkylation sites (tertiary alicyclic amines) is 1. The van der Waals surface area contributed by atoms with E-state index in [-0.39, 0.29) is 11.4 Å². The van der Waals surface area contributed by atoms with Crippen molar-refractivity contribution in [3.63, 3.8) is 0 Å². The second kappa shape index (κ2) is 3.44. The molecule has 0 aromatic rings. The van der Waals surface area contributed by atoms with Crippen LogP contribution < -0.4 is 0 Å². The second-order valence-corrected chi connectivity index (χ2v) is 3.89. The molecule has 1 rings (SSSR count). The van der Waals surface area contributed by atoms with Crippen molar-refractivity contribution in [2.45, 2.75) is 19.8 Å². The van der Waals surface area contributed by atoms with E-state index in [0.717, 1.165) is 25.9 Å².